The first-order valence-electron chi connectivity index (χ1n) is 8.74. The van der Waals surface area contributed by atoms with Gasteiger partial charge in [-0.05, 0) is 49.0 Å². The lowest BCUT2D eigenvalue weighted by molar-refractivity contribution is -0.400. The summed E-state index contributed by atoms with van der Waals surface area (Å²) in [5.74, 6) is -1.58. The van der Waals surface area contributed by atoms with E-state index in [1.807, 2.05) is 17.1 Å². The Morgan fingerprint density at radius 1 is 1.37 bits per heavy atom. The number of hydrogen-bond acceptors (Lipinski definition) is 3. The minimum atomic E-state index is -1.28. The monoisotopic (exact) mass is 393 g/mol. The quantitative estimate of drug-likeness (QED) is 0.609. The molecular formula is C19H21ClFN3O3. The Balaban J connectivity index is 0.00000210. The van der Waals surface area contributed by atoms with Crippen LogP contribution in [-0.4, -0.2) is 34.6 Å². The summed E-state index contributed by atoms with van der Waals surface area (Å²) < 4.78 is 16.1. The molecule has 27 heavy (non-hydrogen) atoms. The Bertz CT molecular complexity index is 1010. The summed E-state index contributed by atoms with van der Waals surface area (Å²) in [7, 11) is 0. The molecule has 1 saturated carbocycles. The zero-order chi connectivity index (χ0) is 18.6. The first-order chi connectivity index (χ1) is 12.4. The maximum atomic E-state index is 15.0. The van der Waals surface area contributed by atoms with Crippen molar-refractivity contribution >= 4 is 17.2 Å². The molecule has 2 aromatic rings. The minimum absolute atomic E-state index is 0. The number of aromatic nitrogens is 1. The number of anilines is 1. The second-order valence-electron chi connectivity index (χ2n) is 7.16. The highest BCUT2D eigenvalue weighted by molar-refractivity contribution is 5.89. The van der Waals surface area contributed by atoms with Crippen molar-refractivity contribution in [2.24, 2.45) is 0 Å². The molecular weight excluding hydrogens is 373 g/mol. The molecule has 0 radical (unpaired) electrons. The van der Waals surface area contributed by atoms with Crippen molar-refractivity contribution in [2.75, 3.05) is 18.0 Å². The smallest absolute Gasteiger partial charge is 0.341 e. The van der Waals surface area contributed by atoms with Gasteiger partial charge in [0.2, 0.25) is 0 Å². The average Bonchev–Trinajstić information content (AvgIpc) is 3.40. The number of halogens is 2. The molecule has 3 heterocycles. The van der Waals surface area contributed by atoms with Gasteiger partial charge in [-0.25, -0.2) is 9.18 Å². The number of nitrogens with zero attached hydrogens (tertiary/aromatic N) is 2. The molecule has 2 aromatic heterocycles. The number of pyridine rings is 2. The fraction of sp³-hybridized carbons (Fsp3) is 0.368. The highest BCUT2D eigenvalue weighted by Crippen LogP contribution is 2.43. The molecule has 6 nitrogen and oxygen atoms in total. The van der Waals surface area contributed by atoms with Gasteiger partial charge in [0.25, 0.3) is 5.56 Å². The van der Waals surface area contributed by atoms with Crippen LogP contribution in [0.25, 0.3) is 5.52 Å². The SMILES string of the molecule is Cc1c(N2CC=CC([NH3+])C2)c(F)cn2c(=O)c(C(=O)O)cc(C3CC3)c12.[Cl-]. The first kappa shape index (κ1) is 19.4. The number of fused-ring (bicyclic) bond motifs is 1. The molecule has 1 fully saturated rings. The molecule has 4 N–H and O–H groups in total. The van der Waals surface area contributed by atoms with E-state index in [1.165, 1.54) is 10.5 Å². The Labute approximate surface area is 161 Å². The van der Waals surface area contributed by atoms with Gasteiger partial charge < -0.3 is 28.1 Å². The Hall–Kier alpha value is -2.38. The zero-order valence-corrected chi connectivity index (χ0v) is 15.7. The molecule has 4 rings (SSSR count). The summed E-state index contributed by atoms with van der Waals surface area (Å²) in [4.78, 5) is 26.0. The van der Waals surface area contributed by atoms with Crippen molar-refractivity contribution in [2.45, 2.75) is 31.7 Å². The fourth-order valence-corrected chi connectivity index (χ4v) is 3.87. The molecule has 144 valence electrons. The van der Waals surface area contributed by atoms with Crippen molar-refractivity contribution < 1.29 is 32.4 Å². The number of rotatable bonds is 3. The molecule has 0 bridgehead atoms. The normalized spacial score (nSPS) is 19.2. The van der Waals surface area contributed by atoms with Crippen molar-refractivity contribution in [3.05, 3.63) is 57.3 Å². The lowest BCUT2D eigenvalue weighted by Gasteiger charge is -2.30. The molecule has 1 aliphatic carbocycles. The molecule has 0 spiro atoms. The first-order valence-corrected chi connectivity index (χ1v) is 8.74. The van der Waals surface area contributed by atoms with Crippen LogP contribution in [0.15, 0.2) is 29.2 Å². The van der Waals surface area contributed by atoms with Crippen LogP contribution >= 0.6 is 0 Å². The number of quaternary nitrogens is 1. The number of carboxylic acid groups (broad SMARTS) is 1. The fourth-order valence-electron chi connectivity index (χ4n) is 3.87. The standard InChI is InChI=1S/C19H20FN3O3.ClH/c1-10-16-13(11-4-5-11)7-14(19(25)26)18(24)23(16)9-15(20)17(10)22-6-2-3-12(21)8-22;/h2-3,7,9,11-12H,4-6,8,21H2,1H3,(H,25,26);1H. The highest BCUT2D eigenvalue weighted by Gasteiger charge is 2.31. The number of aromatic carboxylic acids is 1. The van der Waals surface area contributed by atoms with Crippen molar-refractivity contribution in [3.8, 4) is 0 Å². The minimum Gasteiger partial charge on any atom is -1.00 e. The predicted molar refractivity (Wildman–Crippen MR) is 95.3 cm³/mol. The van der Waals surface area contributed by atoms with Crippen LogP contribution in [0, 0.1) is 12.7 Å². The van der Waals surface area contributed by atoms with Gasteiger partial charge in [0.1, 0.15) is 11.6 Å². The molecule has 1 aliphatic heterocycles. The third-order valence-corrected chi connectivity index (χ3v) is 5.20. The Kier molecular flexibility index (Phi) is 5.01. The van der Waals surface area contributed by atoms with Gasteiger partial charge in [-0.3, -0.25) is 9.20 Å². The molecule has 0 aromatic carbocycles. The lowest BCUT2D eigenvalue weighted by Crippen LogP contribution is -3.00. The average molecular weight is 394 g/mol. The van der Waals surface area contributed by atoms with Gasteiger partial charge in [0, 0.05) is 6.54 Å². The molecule has 0 amide bonds. The molecule has 2 aliphatic rings. The summed E-state index contributed by atoms with van der Waals surface area (Å²) in [5, 5.41) is 9.35. The zero-order valence-electron chi connectivity index (χ0n) is 14.9. The van der Waals surface area contributed by atoms with Crippen LogP contribution in [0.2, 0.25) is 0 Å². The van der Waals surface area contributed by atoms with Gasteiger partial charge in [0.05, 0.1) is 23.9 Å². The van der Waals surface area contributed by atoms with Crippen LogP contribution in [0.5, 0.6) is 0 Å². The van der Waals surface area contributed by atoms with Crippen LogP contribution in [0.3, 0.4) is 0 Å². The summed E-state index contributed by atoms with van der Waals surface area (Å²) in [6.07, 6.45) is 7.00. The van der Waals surface area contributed by atoms with E-state index < -0.39 is 17.3 Å². The topological polar surface area (TPSA) is 89.7 Å². The second-order valence-corrected chi connectivity index (χ2v) is 7.16. The molecule has 8 heteroatoms. The Morgan fingerprint density at radius 2 is 2.07 bits per heavy atom. The lowest BCUT2D eigenvalue weighted by atomic mass is 10.0. The molecule has 1 unspecified atom stereocenters. The van der Waals surface area contributed by atoms with E-state index in [9.17, 15) is 19.1 Å². The summed E-state index contributed by atoms with van der Waals surface area (Å²) in [5.41, 5.74) is 5.61. The largest absolute Gasteiger partial charge is 1.00 e. The van der Waals surface area contributed by atoms with E-state index in [1.54, 1.807) is 6.92 Å². The van der Waals surface area contributed by atoms with Crippen molar-refractivity contribution in [1.82, 2.24) is 4.40 Å². The Morgan fingerprint density at radius 3 is 2.67 bits per heavy atom. The maximum Gasteiger partial charge on any atom is 0.341 e. The van der Waals surface area contributed by atoms with Crippen LogP contribution in [-0.2, 0) is 0 Å². The maximum absolute atomic E-state index is 15.0. The van der Waals surface area contributed by atoms with Crippen molar-refractivity contribution in [3.63, 3.8) is 0 Å². The number of carboxylic acids is 1. The number of hydrogen-bond donors (Lipinski definition) is 2. The number of carbonyl (C=O) groups is 1. The van der Waals surface area contributed by atoms with Gasteiger partial charge in [-0.1, -0.05) is 6.08 Å². The van der Waals surface area contributed by atoms with E-state index >= 15 is 0 Å². The second kappa shape index (κ2) is 6.98. The highest BCUT2D eigenvalue weighted by atomic mass is 35.5. The van der Waals surface area contributed by atoms with E-state index in [4.69, 9.17) is 0 Å². The predicted octanol–water partition coefficient (Wildman–Crippen LogP) is -1.69. The molecule has 0 saturated heterocycles. The summed E-state index contributed by atoms with van der Waals surface area (Å²) in [6.45, 7) is 2.98. The van der Waals surface area contributed by atoms with Crippen LogP contribution in [0.1, 0.15) is 40.2 Å². The van der Waals surface area contributed by atoms with Gasteiger partial charge in [-0.2, -0.15) is 0 Å². The number of aryl methyl sites for hydroxylation is 1. The van der Waals surface area contributed by atoms with Gasteiger partial charge in [0.15, 0.2) is 5.82 Å². The van der Waals surface area contributed by atoms with Crippen molar-refractivity contribution in [1.29, 1.82) is 0 Å². The van der Waals surface area contributed by atoms with E-state index in [0.29, 0.717) is 29.9 Å². The van der Waals surface area contributed by atoms with E-state index in [-0.39, 0.29) is 29.9 Å². The van der Waals surface area contributed by atoms with E-state index in [2.05, 4.69) is 5.73 Å². The summed E-state index contributed by atoms with van der Waals surface area (Å²) in [6, 6.07) is 1.55. The molecule has 1 atom stereocenters. The van der Waals surface area contributed by atoms with Crippen LogP contribution in [0.4, 0.5) is 10.1 Å². The third-order valence-electron chi connectivity index (χ3n) is 5.20. The third kappa shape index (κ3) is 3.21. The van der Waals surface area contributed by atoms with E-state index in [0.717, 1.165) is 24.6 Å². The summed E-state index contributed by atoms with van der Waals surface area (Å²) >= 11 is 0. The van der Waals surface area contributed by atoms with Gasteiger partial charge >= 0.3 is 5.97 Å². The van der Waals surface area contributed by atoms with Gasteiger partial charge in [-0.15, -0.1) is 0 Å². The van der Waals surface area contributed by atoms with Crippen LogP contribution < -0.4 is 28.6 Å².